The number of aliphatic hydroxyl groups is 4. The molecule has 436 valence electrons. The number of hydrogen-bond acceptors (Lipinski definition) is 16. The number of methoxy groups -OCH3 is 3. The number of piperidine rings is 1. The molecule has 2 saturated heterocycles. The number of esters is 1. The van der Waals surface area contributed by atoms with Gasteiger partial charge in [0.25, 0.3) is 11.7 Å². The zero-order chi connectivity index (χ0) is 57.5. The number of amides is 2. The van der Waals surface area contributed by atoms with E-state index in [1.807, 2.05) is 45.9 Å². The third-order valence-electron chi connectivity index (χ3n) is 16.8. The lowest BCUT2D eigenvalue weighted by Crippen LogP contribution is -2.61. The Balaban J connectivity index is 1.68. The second-order valence-electron chi connectivity index (χ2n) is 22.9. The number of allylic oxidation sites excluding steroid dienone is 6. The average molecular weight is 1090 g/mol. The minimum absolute atomic E-state index is 0.0405. The van der Waals surface area contributed by atoms with E-state index in [4.69, 9.17) is 28.4 Å². The quantitative estimate of drug-likeness (QED) is 0.0854. The van der Waals surface area contributed by atoms with Crippen LogP contribution in [-0.2, 0) is 52.4 Å². The van der Waals surface area contributed by atoms with Crippen LogP contribution in [0.3, 0.4) is 0 Å². The maximum atomic E-state index is 14.6. The third-order valence-corrected chi connectivity index (χ3v) is 16.8. The number of cyclic esters (lactones) is 1. The predicted molar refractivity (Wildman–Crippen MR) is 289 cm³/mol. The van der Waals surface area contributed by atoms with Gasteiger partial charge in [-0.2, -0.15) is 0 Å². The van der Waals surface area contributed by atoms with E-state index in [1.165, 1.54) is 33.0 Å². The van der Waals surface area contributed by atoms with Crippen molar-refractivity contribution in [3.8, 4) is 0 Å². The van der Waals surface area contributed by atoms with Crippen LogP contribution in [0.1, 0.15) is 153 Å². The number of Topliss-reactive ketones (excluding diaryl/α,β-unsaturated/α-hetero) is 3. The first-order valence-corrected chi connectivity index (χ1v) is 28.1. The topological polar surface area (TPSA) is 254 Å². The Kier molecular flexibility index (Phi) is 25.9. The summed E-state index contributed by atoms with van der Waals surface area (Å²) in [4.78, 5) is 85.7. The van der Waals surface area contributed by atoms with Gasteiger partial charge in [0.05, 0.1) is 36.6 Å². The van der Waals surface area contributed by atoms with Gasteiger partial charge in [0.2, 0.25) is 5.79 Å². The van der Waals surface area contributed by atoms with Crippen molar-refractivity contribution in [1.82, 2.24) is 10.2 Å². The normalized spacial score (nSPS) is 37.7. The molecule has 4 rings (SSSR count). The Morgan fingerprint density at radius 1 is 0.844 bits per heavy atom. The van der Waals surface area contributed by atoms with Crippen LogP contribution in [0, 0.1) is 35.5 Å². The van der Waals surface area contributed by atoms with E-state index in [0.717, 1.165) is 11.1 Å². The molecule has 0 aromatic carbocycles. The number of hydrogen-bond donors (Lipinski definition) is 5. The lowest BCUT2D eigenvalue weighted by molar-refractivity contribution is -0.265. The fraction of sp³-hybridized carbons (Fsp3) is 0.763. The lowest BCUT2D eigenvalue weighted by Gasteiger charge is -2.43. The molecule has 1 saturated carbocycles. The molecule has 0 aromatic heterocycles. The fourth-order valence-corrected chi connectivity index (χ4v) is 11.4. The molecule has 5 unspecified atom stereocenters. The third kappa shape index (κ3) is 17.9. The number of ketones is 3. The standard InChI is InChI=1S/C59H94N2O16/c1-33-18-14-15-19-34(2)40(8)49(72-11)31-44-25-23-39(7)59(71,77-44)55(67)56(68)61-27-17-16-20-45(61)57(69)75-48(32-46(64)36(4)28-38(6)53(66)54(74-13)52(65)35(3)22-21-33)37(5)29-43-24-26-47(50(30-43)73-12)76-58(70)60-51(41(9)62)42(10)63/h14-15,18-19,28,33,35-37,39,41-45,47-51,53-54,62-63,66,71H,16-17,20-27,29-32H2,1-13H3,(H,60,70)/b18-14+,19-15+,38-28+,40-34+/t33-,35-,36-,37-,39-,41?,42?,43+,44?,45+,47-,48?,49+,50-,51?,53-,54+,59?/m1/s1. The number of alkyl carbamates (subject to hydrolysis) is 1. The highest BCUT2D eigenvalue weighted by molar-refractivity contribution is 6.39. The second kappa shape index (κ2) is 30.4. The molecule has 5 N–H and O–H groups in total. The van der Waals surface area contributed by atoms with Crippen LogP contribution in [0.4, 0.5) is 4.79 Å². The Morgan fingerprint density at radius 2 is 1.53 bits per heavy atom. The van der Waals surface area contributed by atoms with Crippen molar-refractivity contribution in [3.63, 3.8) is 0 Å². The minimum Gasteiger partial charge on any atom is -0.460 e. The van der Waals surface area contributed by atoms with Crippen molar-refractivity contribution < 1.29 is 77.6 Å². The predicted octanol–water partition coefficient (Wildman–Crippen LogP) is 6.82. The summed E-state index contributed by atoms with van der Waals surface area (Å²) in [7, 11) is 4.47. The number of rotatable bonds is 10. The molecule has 0 radical (unpaired) electrons. The molecule has 3 aliphatic heterocycles. The fourth-order valence-electron chi connectivity index (χ4n) is 11.4. The number of fused-ring (bicyclic) bond motifs is 3. The van der Waals surface area contributed by atoms with Gasteiger partial charge in [0.15, 0.2) is 5.78 Å². The largest absolute Gasteiger partial charge is 0.460 e. The van der Waals surface area contributed by atoms with Crippen LogP contribution >= 0.6 is 0 Å². The minimum atomic E-state index is -2.47. The molecule has 4 aliphatic rings. The van der Waals surface area contributed by atoms with E-state index >= 15 is 0 Å². The smallest absolute Gasteiger partial charge is 0.407 e. The van der Waals surface area contributed by atoms with Crippen LogP contribution in [0.15, 0.2) is 47.1 Å². The maximum Gasteiger partial charge on any atom is 0.407 e. The van der Waals surface area contributed by atoms with E-state index in [9.17, 15) is 49.2 Å². The molecule has 3 fully saturated rings. The van der Waals surface area contributed by atoms with Crippen molar-refractivity contribution in [2.75, 3.05) is 27.9 Å². The van der Waals surface area contributed by atoms with Crippen LogP contribution in [0.5, 0.6) is 0 Å². The number of nitrogens with one attached hydrogen (secondary N) is 1. The van der Waals surface area contributed by atoms with Crippen molar-refractivity contribution in [2.24, 2.45) is 35.5 Å². The molecule has 77 heavy (non-hydrogen) atoms. The highest BCUT2D eigenvalue weighted by atomic mass is 16.6. The molecule has 18 heteroatoms. The molecule has 1 aliphatic carbocycles. The van der Waals surface area contributed by atoms with Crippen LogP contribution in [-0.4, -0.2) is 161 Å². The molecule has 3 heterocycles. The second-order valence-corrected chi connectivity index (χ2v) is 22.9. The van der Waals surface area contributed by atoms with Gasteiger partial charge in [-0.25, -0.2) is 9.59 Å². The SMILES string of the molecule is CO[C@H]1CC2CC[C@@H](C)C(O)(O2)C(=O)C(=O)N2CCCC[C@H]2C(=O)OC([C@H](C)C[C@@H]2CC[C@@H](OC(=O)NC(C(C)O)C(C)O)[C@H](OC)C2)CC(=O)[C@H](C)/C=C(\C)[C@@H](O)[C@@H](OC)C(=O)[C@H](C)CC[C@H](C)/C=C/C=C/C(C)=C/1C. The number of nitrogens with zero attached hydrogens (tertiary/aromatic N) is 1. The molecule has 17 atom stereocenters. The first-order valence-electron chi connectivity index (χ1n) is 28.1. The summed E-state index contributed by atoms with van der Waals surface area (Å²) in [5.41, 5.74) is 2.23. The monoisotopic (exact) mass is 1090 g/mol. The van der Waals surface area contributed by atoms with E-state index < -0.39 is 120 Å². The maximum absolute atomic E-state index is 14.6. The molecule has 2 bridgehead atoms. The Bertz CT molecular complexity index is 2110. The van der Waals surface area contributed by atoms with Gasteiger partial charge in [0, 0.05) is 58.5 Å². The van der Waals surface area contributed by atoms with Crippen molar-refractivity contribution in [3.05, 3.63) is 47.1 Å². The highest BCUT2D eigenvalue weighted by Crippen LogP contribution is 2.38. The van der Waals surface area contributed by atoms with Crippen molar-refractivity contribution >= 4 is 35.3 Å². The Labute approximate surface area is 457 Å². The van der Waals surface area contributed by atoms with Gasteiger partial charge in [-0.3, -0.25) is 19.2 Å². The van der Waals surface area contributed by atoms with Gasteiger partial charge in [-0.05, 0) is 140 Å². The van der Waals surface area contributed by atoms with E-state index in [2.05, 4.69) is 18.3 Å². The van der Waals surface area contributed by atoms with E-state index in [1.54, 1.807) is 34.0 Å². The summed E-state index contributed by atoms with van der Waals surface area (Å²) in [5.74, 6) is -8.44. The molecule has 18 nitrogen and oxygen atoms in total. The van der Waals surface area contributed by atoms with Crippen molar-refractivity contribution in [2.45, 2.75) is 226 Å². The van der Waals surface area contributed by atoms with Crippen LogP contribution in [0.25, 0.3) is 0 Å². The Morgan fingerprint density at radius 3 is 2.17 bits per heavy atom. The van der Waals surface area contributed by atoms with Gasteiger partial charge in [-0.1, -0.05) is 65.0 Å². The molecule has 2 amide bonds. The molecule has 0 spiro atoms. The first kappa shape index (κ1) is 65.4. The summed E-state index contributed by atoms with van der Waals surface area (Å²) in [6.07, 6.45) is 6.11. The number of carbonyl (C=O) groups is 6. The summed E-state index contributed by atoms with van der Waals surface area (Å²) >= 11 is 0. The molecular weight excluding hydrogens is 993 g/mol. The molecule has 0 aromatic rings. The zero-order valence-electron chi connectivity index (χ0n) is 48.2. The summed E-state index contributed by atoms with van der Waals surface area (Å²) in [6, 6.07) is -2.16. The first-order chi connectivity index (χ1) is 36.3. The van der Waals surface area contributed by atoms with Crippen LogP contribution < -0.4 is 5.32 Å². The lowest BCUT2D eigenvalue weighted by atomic mass is 9.78. The number of carbonyl (C=O) groups excluding carboxylic acids is 6. The van der Waals surface area contributed by atoms with E-state index in [-0.39, 0.29) is 42.8 Å². The number of aliphatic hydroxyl groups excluding tert-OH is 3. The summed E-state index contributed by atoms with van der Waals surface area (Å²) < 4.78 is 35.6. The summed E-state index contributed by atoms with van der Waals surface area (Å²) in [6.45, 7) is 17.6. The Hall–Kier alpha value is -4.14. The van der Waals surface area contributed by atoms with Gasteiger partial charge < -0.3 is 59.1 Å². The van der Waals surface area contributed by atoms with Gasteiger partial charge in [0.1, 0.15) is 36.2 Å². The van der Waals surface area contributed by atoms with E-state index in [0.29, 0.717) is 76.2 Å². The van der Waals surface area contributed by atoms with Crippen molar-refractivity contribution in [1.29, 1.82) is 0 Å². The van der Waals surface area contributed by atoms with Crippen LogP contribution in [0.2, 0.25) is 0 Å². The van der Waals surface area contributed by atoms with Gasteiger partial charge in [-0.15, -0.1) is 0 Å². The number of ether oxygens (including phenoxy) is 6. The summed E-state index contributed by atoms with van der Waals surface area (Å²) in [5, 5.41) is 46.3. The van der Waals surface area contributed by atoms with Gasteiger partial charge >= 0.3 is 12.1 Å². The average Bonchev–Trinajstić information content (AvgIpc) is 3.39. The molecular formula is C59H94N2O16. The zero-order valence-corrected chi connectivity index (χ0v) is 48.2. The highest BCUT2D eigenvalue weighted by Gasteiger charge is 2.53.